The number of benzene rings is 1. The normalized spacial score (nSPS) is 19.5. The Balaban J connectivity index is 1.77. The number of nitro groups is 1. The predicted molar refractivity (Wildman–Crippen MR) is 70.3 cm³/mol. The van der Waals surface area contributed by atoms with Crippen LogP contribution >= 0.6 is 0 Å². The molecule has 104 valence electrons. The molecule has 1 aromatic rings. The molecule has 0 radical (unpaired) electrons. The van der Waals surface area contributed by atoms with Crippen LogP contribution in [0.5, 0.6) is 5.75 Å². The average Bonchev–Trinajstić information content (AvgIpc) is 2.87. The van der Waals surface area contributed by atoms with Gasteiger partial charge in [0.25, 0.3) is 5.69 Å². The topological polar surface area (TPSA) is 75.8 Å². The van der Waals surface area contributed by atoms with Gasteiger partial charge in [-0.05, 0) is 31.5 Å². The molecule has 1 N–H and O–H groups in total. The molecule has 0 aliphatic carbocycles. The van der Waals surface area contributed by atoms with Crippen LogP contribution < -0.4 is 4.74 Å². The zero-order valence-corrected chi connectivity index (χ0v) is 10.7. The molecular formula is C13H18N2O4. The molecule has 0 bridgehead atoms. The Hall–Kier alpha value is -1.66. The lowest BCUT2D eigenvalue weighted by molar-refractivity contribution is -0.384. The first kappa shape index (κ1) is 13.8. The Morgan fingerprint density at radius 2 is 2.16 bits per heavy atom. The number of aliphatic hydroxyl groups excluding tert-OH is 1. The van der Waals surface area contributed by atoms with Crippen molar-refractivity contribution in [2.75, 3.05) is 26.3 Å². The molecule has 0 spiro atoms. The SMILES string of the molecule is O=[N+]([O-])c1ccc(OCCN2CCC[C@@H]2CO)cc1. The van der Waals surface area contributed by atoms with Crippen LogP contribution in [0.4, 0.5) is 5.69 Å². The van der Waals surface area contributed by atoms with Crippen molar-refractivity contribution in [1.82, 2.24) is 4.90 Å². The molecule has 0 unspecified atom stereocenters. The van der Waals surface area contributed by atoms with E-state index < -0.39 is 4.92 Å². The fourth-order valence-electron chi connectivity index (χ4n) is 2.34. The van der Waals surface area contributed by atoms with Crippen molar-refractivity contribution in [3.05, 3.63) is 34.4 Å². The zero-order valence-electron chi connectivity index (χ0n) is 10.7. The maximum absolute atomic E-state index is 10.5. The largest absolute Gasteiger partial charge is 0.492 e. The highest BCUT2D eigenvalue weighted by atomic mass is 16.6. The quantitative estimate of drug-likeness (QED) is 0.622. The summed E-state index contributed by atoms with van der Waals surface area (Å²) in [6.45, 7) is 2.48. The van der Waals surface area contributed by atoms with Gasteiger partial charge < -0.3 is 9.84 Å². The van der Waals surface area contributed by atoms with E-state index in [2.05, 4.69) is 4.90 Å². The summed E-state index contributed by atoms with van der Waals surface area (Å²) in [5, 5.41) is 19.7. The Labute approximate surface area is 111 Å². The van der Waals surface area contributed by atoms with Gasteiger partial charge in [-0.15, -0.1) is 0 Å². The van der Waals surface area contributed by atoms with Crippen molar-refractivity contribution >= 4 is 5.69 Å². The molecular weight excluding hydrogens is 248 g/mol. The van der Waals surface area contributed by atoms with E-state index in [0.717, 1.165) is 25.9 Å². The van der Waals surface area contributed by atoms with Gasteiger partial charge in [0.05, 0.1) is 11.5 Å². The summed E-state index contributed by atoms with van der Waals surface area (Å²) in [5.74, 6) is 0.630. The molecule has 1 atom stereocenters. The Bertz CT molecular complexity index is 421. The van der Waals surface area contributed by atoms with Gasteiger partial charge in [0.15, 0.2) is 0 Å². The minimum atomic E-state index is -0.431. The Morgan fingerprint density at radius 1 is 1.42 bits per heavy atom. The summed E-state index contributed by atoms with van der Waals surface area (Å²) < 4.78 is 5.55. The second kappa shape index (κ2) is 6.49. The second-order valence-corrected chi connectivity index (χ2v) is 4.61. The summed E-state index contributed by atoms with van der Waals surface area (Å²) in [6.07, 6.45) is 2.15. The van der Waals surface area contributed by atoms with Crippen LogP contribution in [-0.2, 0) is 0 Å². The molecule has 1 heterocycles. The minimum Gasteiger partial charge on any atom is -0.492 e. The van der Waals surface area contributed by atoms with E-state index in [1.165, 1.54) is 12.1 Å². The molecule has 1 aromatic carbocycles. The first-order valence-corrected chi connectivity index (χ1v) is 6.43. The van der Waals surface area contributed by atoms with Crippen LogP contribution in [0, 0.1) is 10.1 Å². The molecule has 6 heteroatoms. The maximum Gasteiger partial charge on any atom is 0.269 e. The lowest BCUT2D eigenvalue weighted by Crippen LogP contribution is -2.35. The molecule has 1 aliphatic heterocycles. The highest BCUT2D eigenvalue weighted by Crippen LogP contribution is 2.18. The van der Waals surface area contributed by atoms with Gasteiger partial charge in [-0.25, -0.2) is 0 Å². The molecule has 6 nitrogen and oxygen atoms in total. The number of hydrogen-bond acceptors (Lipinski definition) is 5. The standard InChI is InChI=1S/C13H18N2O4/c16-10-12-2-1-7-14(12)8-9-19-13-5-3-11(4-6-13)15(17)18/h3-6,12,16H,1-2,7-10H2/t12-/m1/s1. The zero-order chi connectivity index (χ0) is 13.7. The van der Waals surface area contributed by atoms with Crippen LogP contribution in [0.15, 0.2) is 24.3 Å². The molecule has 0 saturated carbocycles. The number of hydrogen-bond donors (Lipinski definition) is 1. The minimum absolute atomic E-state index is 0.0623. The summed E-state index contributed by atoms with van der Waals surface area (Å²) in [6, 6.07) is 6.32. The van der Waals surface area contributed by atoms with Gasteiger partial charge in [0, 0.05) is 24.7 Å². The first-order chi connectivity index (χ1) is 9.20. The molecule has 0 amide bonds. The van der Waals surface area contributed by atoms with Crippen LogP contribution in [-0.4, -0.2) is 47.3 Å². The van der Waals surface area contributed by atoms with Crippen LogP contribution in [0.1, 0.15) is 12.8 Å². The number of non-ortho nitro benzene ring substituents is 1. The van der Waals surface area contributed by atoms with E-state index in [1.54, 1.807) is 12.1 Å². The van der Waals surface area contributed by atoms with Crippen molar-refractivity contribution in [2.24, 2.45) is 0 Å². The van der Waals surface area contributed by atoms with E-state index >= 15 is 0 Å². The highest BCUT2D eigenvalue weighted by Gasteiger charge is 2.22. The van der Waals surface area contributed by atoms with Gasteiger partial charge in [-0.1, -0.05) is 0 Å². The third kappa shape index (κ3) is 3.65. The second-order valence-electron chi connectivity index (χ2n) is 4.61. The summed E-state index contributed by atoms with van der Waals surface area (Å²) in [4.78, 5) is 12.3. The van der Waals surface area contributed by atoms with Crippen molar-refractivity contribution in [2.45, 2.75) is 18.9 Å². The predicted octanol–water partition coefficient (Wildman–Crippen LogP) is 1.43. The van der Waals surface area contributed by atoms with Crippen molar-refractivity contribution in [1.29, 1.82) is 0 Å². The molecule has 1 aliphatic rings. The highest BCUT2D eigenvalue weighted by molar-refractivity contribution is 5.35. The van der Waals surface area contributed by atoms with Crippen LogP contribution in [0.3, 0.4) is 0 Å². The third-order valence-corrected chi connectivity index (χ3v) is 3.40. The lowest BCUT2D eigenvalue weighted by Gasteiger charge is -2.22. The summed E-state index contributed by atoms with van der Waals surface area (Å²) in [7, 11) is 0. The number of likely N-dealkylation sites (tertiary alicyclic amines) is 1. The monoisotopic (exact) mass is 266 g/mol. The molecule has 19 heavy (non-hydrogen) atoms. The molecule has 2 rings (SSSR count). The van der Waals surface area contributed by atoms with Gasteiger partial charge in [-0.3, -0.25) is 15.0 Å². The molecule has 0 aromatic heterocycles. The smallest absolute Gasteiger partial charge is 0.269 e. The van der Waals surface area contributed by atoms with Gasteiger partial charge in [0.1, 0.15) is 12.4 Å². The number of nitrogens with zero attached hydrogens (tertiary/aromatic N) is 2. The lowest BCUT2D eigenvalue weighted by atomic mass is 10.2. The summed E-state index contributed by atoms with van der Waals surface area (Å²) in [5.41, 5.74) is 0.0623. The number of aliphatic hydroxyl groups is 1. The fourth-order valence-corrected chi connectivity index (χ4v) is 2.34. The van der Waals surface area contributed by atoms with Gasteiger partial charge in [-0.2, -0.15) is 0 Å². The number of rotatable bonds is 6. The number of ether oxygens (including phenoxy) is 1. The van der Waals surface area contributed by atoms with E-state index in [0.29, 0.717) is 12.4 Å². The van der Waals surface area contributed by atoms with Gasteiger partial charge >= 0.3 is 0 Å². The fraction of sp³-hybridized carbons (Fsp3) is 0.538. The van der Waals surface area contributed by atoms with E-state index in [4.69, 9.17) is 4.74 Å². The van der Waals surface area contributed by atoms with Crippen molar-refractivity contribution < 1.29 is 14.8 Å². The Kier molecular flexibility index (Phi) is 4.70. The van der Waals surface area contributed by atoms with E-state index in [1.807, 2.05) is 0 Å². The molecule has 1 fully saturated rings. The first-order valence-electron chi connectivity index (χ1n) is 6.43. The van der Waals surface area contributed by atoms with Crippen LogP contribution in [0.2, 0.25) is 0 Å². The van der Waals surface area contributed by atoms with Crippen LogP contribution in [0.25, 0.3) is 0 Å². The Morgan fingerprint density at radius 3 is 2.79 bits per heavy atom. The summed E-state index contributed by atoms with van der Waals surface area (Å²) >= 11 is 0. The average molecular weight is 266 g/mol. The molecule has 1 saturated heterocycles. The number of nitro benzene ring substituents is 1. The maximum atomic E-state index is 10.5. The van der Waals surface area contributed by atoms with Crippen molar-refractivity contribution in [3.63, 3.8) is 0 Å². The van der Waals surface area contributed by atoms with E-state index in [9.17, 15) is 15.2 Å². The van der Waals surface area contributed by atoms with Crippen molar-refractivity contribution in [3.8, 4) is 5.75 Å². The van der Waals surface area contributed by atoms with Gasteiger partial charge in [0.2, 0.25) is 0 Å². The van der Waals surface area contributed by atoms with E-state index in [-0.39, 0.29) is 18.3 Å². The third-order valence-electron chi connectivity index (χ3n) is 3.40.